The van der Waals surface area contributed by atoms with Gasteiger partial charge in [0.05, 0.1) is 17.4 Å². The van der Waals surface area contributed by atoms with Gasteiger partial charge in [0.15, 0.2) is 0 Å². The normalized spacial score (nSPS) is 14.6. The fourth-order valence-corrected chi connectivity index (χ4v) is 2.68. The van der Waals surface area contributed by atoms with E-state index in [2.05, 4.69) is 6.07 Å². The zero-order valence-corrected chi connectivity index (χ0v) is 10.4. The van der Waals surface area contributed by atoms with Gasteiger partial charge in [-0.2, -0.15) is 5.26 Å². The minimum Gasteiger partial charge on any atom is -0.339 e. The zero-order chi connectivity index (χ0) is 12.1. The number of amides is 1. The van der Waals surface area contributed by atoms with Crippen LogP contribution in [0.2, 0.25) is 0 Å². The fourth-order valence-electron chi connectivity index (χ4n) is 1.97. The van der Waals surface area contributed by atoms with Gasteiger partial charge in [-0.1, -0.05) is 12.1 Å². The summed E-state index contributed by atoms with van der Waals surface area (Å²) >= 11 is 1.43. The van der Waals surface area contributed by atoms with E-state index in [1.165, 1.54) is 11.8 Å². The molecule has 0 spiro atoms. The molecule has 1 aliphatic heterocycles. The van der Waals surface area contributed by atoms with Crippen molar-refractivity contribution in [1.82, 2.24) is 4.90 Å². The molecule has 17 heavy (non-hydrogen) atoms. The van der Waals surface area contributed by atoms with Crippen LogP contribution in [-0.4, -0.2) is 29.6 Å². The summed E-state index contributed by atoms with van der Waals surface area (Å²) in [5.74, 6) is 0.480. The van der Waals surface area contributed by atoms with E-state index in [0.717, 1.165) is 36.4 Å². The molecule has 1 fully saturated rings. The van der Waals surface area contributed by atoms with Crippen LogP contribution < -0.4 is 0 Å². The monoisotopic (exact) mass is 246 g/mol. The number of carbonyl (C=O) groups is 1. The first-order valence-electron chi connectivity index (χ1n) is 5.71. The number of nitrogens with zero attached hydrogens (tertiary/aromatic N) is 2. The Morgan fingerprint density at radius 2 is 2.06 bits per heavy atom. The molecule has 0 radical (unpaired) electrons. The van der Waals surface area contributed by atoms with Gasteiger partial charge in [-0.3, -0.25) is 4.79 Å². The third kappa shape index (κ3) is 2.80. The molecule has 2 rings (SSSR count). The Kier molecular flexibility index (Phi) is 4.05. The first-order chi connectivity index (χ1) is 8.33. The van der Waals surface area contributed by atoms with Crippen LogP contribution in [-0.2, 0) is 0 Å². The molecular weight excluding hydrogens is 232 g/mol. The van der Waals surface area contributed by atoms with Gasteiger partial charge < -0.3 is 4.90 Å². The average molecular weight is 246 g/mol. The summed E-state index contributed by atoms with van der Waals surface area (Å²) in [5, 5.41) is 8.60. The van der Waals surface area contributed by atoms with Gasteiger partial charge in [0.25, 0.3) is 5.91 Å². The van der Waals surface area contributed by atoms with Crippen LogP contribution in [0, 0.1) is 11.3 Å². The van der Waals surface area contributed by atoms with Crippen molar-refractivity contribution in [3.8, 4) is 6.07 Å². The molecule has 1 amide bonds. The Morgan fingerprint density at radius 3 is 2.76 bits per heavy atom. The van der Waals surface area contributed by atoms with Gasteiger partial charge in [0, 0.05) is 18.0 Å². The van der Waals surface area contributed by atoms with Gasteiger partial charge in [-0.25, -0.2) is 0 Å². The lowest BCUT2D eigenvalue weighted by Crippen LogP contribution is -2.28. The van der Waals surface area contributed by atoms with Crippen molar-refractivity contribution >= 4 is 17.7 Å². The maximum atomic E-state index is 12.3. The number of carbonyl (C=O) groups excluding carboxylic acids is 1. The van der Waals surface area contributed by atoms with E-state index < -0.39 is 0 Å². The number of hydrogen-bond acceptors (Lipinski definition) is 3. The highest BCUT2D eigenvalue weighted by atomic mass is 32.2. The molecule has 3 nitrogen and oxygen atoms in total. The second-order valence-electron chi connectivity index (χ2n) is 3.94. The van der Waals surface area contributed by atoms with Crippen molar-refractivity contribution in [2.24, 2.45) is 0 Å². The van der Waals surface area contributed by atoms with E-state index in [9.17, 15) is 4.79 Å². The summed E-state index contributed by atoms with van der Waals surface area (Å²) in [6, 6.07) is 9.62. The maximum Gasteiger partial charge on any atom is 0.254 e. The van der Waals surface area contributed by atoms with Gasteiger partial charge in [-0.05, 0) is 25.0 Å². The second kappa shape index (κ2) is 5.74. The van der Waals surface area contributed by atoms with Crippen molar-refractivity contribution in [3.63, 3.8) is 0 Å². The Labute approximate surface area is 105 Å². The van der Waals surface area contributed by atoms with Crippen molar-refractivity contribution in [2.75, 3.05) is 18.8 Å². The highest BCUT2D eigenvalue weighted by Crippen LogP contribution is 2.24. The summed E-state index contributed by atoms with van der Waals surface area (Å²) in [7, 11) is 0. The van der Waals surface area contributed by atoms with Crippen molar-refractivity contribution in [3.05, 3.63) is 29.8 Å². The topological polar surface area (TPSA) is 44.1 Å². The molecular formula is C13H14N2OS. The number of rotatable bonds is 3. The third-order valence-electron chi connectivity index (χ3n) is 2.80. The van der Waals surface area contributed by atoms with Crippen LogP contribution in [0.3, 0.4) is 0 Å². The summed E-state index contributed by atoms with van der Waals surface area (Å²) in [4.78, 5) is 15.1. The van der Waals surface area contributed by atoms with Gasteiger partial charge in [-0.15, -0.1) is 11.8 Å². The molecule has 1 heterocycles. The number of benzene rings is 1. The molecule has 0 unspecified atom stereocenters. The van der Waals surface area contributed by atoms with Gasteiger partial charge in [0.2, 0.25) is 0 Å². The van der Waals surface area contributed by atoms with Gasteiger partial charge >= 0.3 is 0 Å². The van der Waals surface area contributed by atoms with Crippen molar-refractivity contribution in [2.45, 2.75) is 17.7 Å². The highest BCUT2D eigenvalue weighted by Gasteiger charge is 2.21. The molecule has 1 aromatic rings. The summed E-state index contributed by atoms with van der Waals surface area (Å²) in [5.41, 5.74) is 0.731. The van der Waals surface area contributed by atoms with Crippen molar-refractivity contribution < 1.29 is 4.79 Å². The fraction of sp³-hybridized carbons (Fsp3) is 0.385. The molecule has 1 saturated heterocycles. The van der Waals surface area contributed by atoms with Crippen LogP contribution in [0.25, 0.3) is 0 Å². The molecule has 0 saturated carbocycles. The van der Waals surface area contributed by atoms with E-state index in [1.54, 1.807) is 0 Å². The molecule has 1 aromatic carbocycles. The van der Waals surface area contributed by atoms with E-state index in [-0.39, 0.29) is 5.91 Å². The standard InChI is InChI=1S/C13H14N2OS/c14-7-10-17-12-6-2-1-5-11(12)13(16)15-8-3-4-9-15/h1-2,5-6H,3-4,8-10H2. The molecule has 0 bridgehead atoms. The summed E-state index contributed by atoms with van der Waals surface area (Å²) in [6.07, 6.45) is 2.19. The predicted molar refractivity (Wildman–Crippen MR) is 67.9 cm³/mol. The Bertz CT molecular complexity index is 447. The van der Waals surface area contributed by atoms with Crippen LogP contribution in [0.4, 0.5) is 0 Å². The predicted octanol–water partition coefficient (Wildman–Crippen LogP) is 2.54. The number of thioether (sulfide) groups is 1. The molecule has 88 valence electrons. The lowest BCUT2D eigenvalue weighted by atomic mass is 10.2. The van der Waals surface area contributed by atoms with E-state index >= 15 is 0 Å². The molecule has 0 aromatic heterocycles. The summed E-state index contributed by atoms with van der Waals surface area (Å²) in [6.45, 7) is 1.71. The molecule has 0 atom stereocenters. The minimum absolute atomic E-state index is 0.100. The highest BCUT2D eigenvalue weighted by molar-refractivity contribution is 7.99. The Hall–Kier alpha value is -1.47. The van der Waals surface area contributed by atoms with E-state index in [4.69, 9.17) is 5.26 Å². The zero-order valence-electron chi connectivity index (χ0n) is 9.56. The molecule has 0 aliphatic carbocycles. The smallest absolute Gasteiger partial charge is 0.254 e. The SMILES string of the molecule is N#CCSc1ccccc1C(=O)N1CCCC1. The molecule has 1 aliphatic rings. The first kappa shape index (κ1) is 12.0. The number of hydrogen-bond donors (Lipinski definition) is 0. The Morgan fingerprint density at radius 1 is 1.35 bits per heavy atom. The minimum atomic E-state index is 0.100. The lowest BCUT2D eigenvalue weighted by Gasteiger charge is -2.16. The molecule has 4 heteroatoms. The largest absolute Gasteiger partial charge is 0.339 e. The lowest BCUT2D eigenvalue weighted by molar-refractivity contribution is 0.0789. The van der Waals surface area contributed by atoms with E-state index in [1.807, 2.05) is 29.2 Å². The number of nitriles is 1. The second-order valence-corrected chi connectivity index (χ2v) is 4.96. The van der Waals surface area contributed by atoms with E-state index in [0.29, 0.717) is 5.75 Å². The number of likely N-dealkylation sites (tertiary alicyclic amines) is 1. The van der Waals surface area contributed by atoms with Crippen LogP contribution in [0.5, 0.6) is 0 Å². The van der Waals surface area contributed by atoms with Crippen LogP contribution in [0.15, 0.2) is 29.2 Å². The average Bonchev–Trinajstić information content (AvgIpc) is 2.89. The molecule has 0 N–H and O–H groups in total. The quantitative estimate of drug-likeness (QED) is 0.770. The van der Waals surface area contributed by atoms with Crippen molar-refractivity contribution in [1.29, 1.82) is 5.26 Å². The van der Waals surface area contributed by atoms with Crippen LogP contribution in [0.1, 0.15) is 23.2 Å². The maximum absolute atomic E-state index is 12.3. The Balaban J connectivity index is 2.18. The first-order valence-corrected chi connectivity index (χ1v) is 6.69. The van der Waals surface area contributed by atoms with Crippen LogP contribution >= 0.6 is 11.8 Å². The van der Waals surface area contributed by atoms with Gasteiger partial charge in [0.1, 0.15) is 0 Å². The summed E-state index contributed by atoms with van der Waals surface area (Å²) < 4.78 is 0. The third-order valence-corrected chi connectivity index (χ3v) is 3.74.